The highest BCUT2D eigenvalue weighted by Gasteiger charge is 2.65. The van der Waals surface area contributed by atoms with Crippen molar-refractivity contribution in [3.8, 4) is 0 Å². The van der Waals surface area contributed by atoms with Crippen molar-refractivity contribution in [3.05, 3.63) is 54.0 Å². The summed E-state index contributed by atoms with van der Waals surface area (Å²) >= 11 is 0.750. The average molecular weight is 345 g/mol. The van der Waals surface area contributed by atoms with Gasteiger partial charge in [-0.25, -0.2) is 4.98 Å². The first kappa shape index (κ1) is 16.0. The Morgan fingerprint density at radius 3 is 2.14 bits per heavy atom. The molecule has 0 aliphatic rings. The molecule has 2 rings (SSSR count). The molecule has 0 amide bonds. The van der Waals surface area contributed by atoms with Crippen molar-refractivity contribution in [1.29, 1.82) is 0 Å². The van der Waals surface area contributed by atoms with Gasteiger partial charge in [-0.3, -0.25) is 0 Å². The molecule has 1 heterocycles. The highest BCUT2D eigenvalue weighted by molar-refractivity contribution is 8.45. The molecule has 0 N–H and O–H groups in total. The van der Waals surface area contributed by atoms with Crippen molar-refractivity contribution >= 4 is 22.0 Å². The van der Waals surface area contributed by atoms with Gasteiger partial charge in [0.2, 0.25) is 5.95 Å². The van der Waals surface area contributed by atoms with E-state index in [1.54, 1.807) is 30.3 Å². The number of pyridine rings is 1. The Bertz CT molecular complexity index is 657. The van der Waals surface area contributed by atoms with Crippen molar-refractivity contribution < 1.29 is 23.8 Å². The largest absolute Gasteiger partial charge is 0.310 e. The fraction of sp³-hybridized carbons (Fsp3) is 0.0833. The van der Waals surface area contributed by atoms with Crippen LogP contribution < -0.4 is 0 Å². The van der Waals surface area contributed by atoms with E-state index in [0.717, 1.165) is 17.3 Å². The minimum absolute atomic E-state index is 0.179. The van der Waals surface area contributed by atoms with Crippen LogP contribution in [0.5, 0.6) is 0 Å². The molecule has 9 heteroatoms. The Kier molecular flexibility index (Phi) is 3.49. The van der Waals surface area contributed by atoms with E-state index < -0.39 is 26.1 Å². The van der Waals surface area contributed by atoms with Gasteiger partial charge in [0.05, 0.1) is 0 Å². The van der Waals surface area contributed by atoms with Crippen LogP contribution in [-0.2, 0) is 5.75 Å². The number of benzene rings is 1. The molecule has 0 bridgehead atoms. The van der Waals surface area contributed by atoms with Gasteiger partial charge >= 0.3 is 10.2 Å². The molecule has 0 aliphatic carbocycles. The van der Waals surface area contributed by atoms with Gasteiger partial charge in [-0.2, -0.15) is 4.39 Å². The van der Waals surface area contributed by atoms with Crippen LogP contribution in [0.15, 0.2) is 52.4 Å². The van der Waals surface area contributed by atoms with E-state index in [0.29, 0.717) is 0 Å². The Morgan fingerprint density at radius 2 is 1.57 bits per heavy atom. The van der Waals surface area contributed by atoms with Gasteiger partial charge in [0.15, 0.2) is 0 Å². The third kappa shape index (κ3) is 4.57. The van der Waals surface area contributed by atoms with E-state index in [1.807, 2.05) is 0 Å². The molecule has 0 radical (unpaired) electrons. The first-order valence-corrected chi connectivity index (χ1v) is 8.46. The molecular formula is C12H9F6NS2. The van der Waals surface area contributed by atoms with Crippen LogP contribution in [0.25, 0.3) is 0 Å². The number of hydrogen-bond donors (Lipinski definition) is 0. The molecule has 21 heavy (non-hydrogen) atoms. The lowest BCUT2D eigenvalue weighted by Gasteiger charge is -2.40. The van der Waals surface area contributed by atoms with Gasteiger partial charge in [0.25, 0.3) is 0 Å². The Labute approximate surface area is 121 Å². The molecule has 0 atom stereocenters. The maximum atomic E-state index is 13.1. The topological polar surface area (TPSA) is 12.9 Å². The molecule has 0 aliphatic heterocycles. The third-order valence-electron chi connectivity index (χ3n) is 2.42. The van der Waals surface area contributed by atoms with Crippen LogP contribution >= 0.6 is 22.0 Å². The maximum Gasteiger partial charge on any atom is 0.310 e. The third-order valence-corrected chi connectivity index (χ3v) is 4.53. The molecule has 0 spiro atoms. The minimum Gasteiger partial charge on any atom is -0.213 e. The Hall–Kier alpha value is -1.35. The van der Waals surface area contributed by atoms with Gasteiger partial charge in [0.1, 0.15) is 9.92 Å². The van der Waals surface area contributed by atoms with Gasteiger partial charge in [-0.05, 0) is 11.6 Å². The lowest BCUT2D eigenvalue weighted by molar-refractivity contribution is 0.361. The van der Waals surface area contributed by atoms with Crippen molar-refractivity contribution in [3.63, 3.8) is 0 Å². The van der Waals surface area contributed by atoms with E-state index in [2.05, 4.69) is 4.98 Å². The van der Waals surface area contributed by atoms with Crippen LogP contribution in [-0.4, -0.2) is 4.98 Å². The summed E-state index contributed by atoms with van der Waals surface area (Å²) in [4.78, 5) is 0.941. The average Bonchev–Trinajstić information content (AvgIpc) is 2.34. The second kappa shape index (κ2) is 4.57. The summed E-state index contributed by atoms with van der Waals surface area (Å²) in [6.45, 7) is 0. The van der Waals surface area contributed by atoms with E-state index in [9.17, 15) is 23.8 Å². The number of halogens is 6. The fourth-order valence-corrected chi connectivity index (χ4v) is 3.08. The van der Waals surface area contributed by atoms with Crippen molar-refractivity contribution in [1.82, 2.24) is 4.98 Å². The molecular weight excluding hydrogens is 336 g/mol. The zero-order valence-electron chi connectivity index (χ0n) is 10.3. The van der Waals surface area contributed by atoms with Gasteiger partial charge in [0, 0.05) is 11.8 Å². The van der Waals surface area contributed by atoms with Crippen molar-refractivity contribution in [2.75, 3.05) is 0 Å². The van der Waals surface area contributed by atoms with Crippen molar-refractivity contribution in [2.45, 2.75) is 15.7 Å². The molecule has 2 aromatic rings. The number of nitrogens with zero attached hydrogens (tertiary/aromatic N) is 1. The Morgan fingerprint density at radius 1 is 0.952 bits per heavy atom. The summed E-state index contributed by atoms with van der Waals surface area (Å²) in [5, 5.41) is -0.442. The van der Waals surface area contributed by atoms with E-state index in [4.69, 9.17) is 0 Å². The minimum atomic E-state index is -9.91. The lowest BCUT2D eigenvalue weighted by Crippen LogP contribution is -2.07. The van der Waals surface area contributed by atoms with E-state index in [-0.39, 0.29) is 17.9 Å². The van der Waals surface area contributed by atoms with Crippen LogP contribution in [0, 0.1) is 5.95 Å². The SMILES string of the molecule is Fc1cc(S(F)(F)(F)(F)F)cc(SCc2ccccc2)n1. The molecule has 0 saturated heterocycles. The quantitative estimate of drug-likeness (QED) is 0.373. The zero-order chi connectivity index (χ0) is 15.8. The second-order valence-corrected chi connectivity index (χ2v) is 7.61. The molecule has 1 aromatic carbocycles. The first-order chi connectivity index (χ1) is 9.44. The summed E-state index contributed by atoms with van der Waals surface area (Å²) in [6, 6.07) is 8.49. The molecule has 116 valence electrons. The summed E-state index contributed by atoms with van der Waals surface area (Å²) in [6.07, 6.45) is 0. The van der Waals surface area contributed by atoms with E-state index >= 15 is 0 Å². The number of aromatic nitrogens is 1. The Balaban J connectivity index is 2.29. The molecule has 1 aromatic heterocycles. The highest BCUT2D eigenvalue weighted by Crippen LogP contribution is 3.02. The maximum absolute atomic E-state index is 13.1. The van der Waals surface area contributed by atoms with Crippen LogP contribution in [0.4, 0.5) is 23.8 Å². The van der Waals surface area contributed by atoms with Crippen LogP contribution in [0.1, 0.15) is 5.56 Å². The molecule has 0 fully saturated rings. The molecule has 0 unspecified atom stereocenters. The fourth-order valence-electron chi connectivity index (χ4n) is 1.48. The van der Waals surface area contributed by atoms with Crippen LogP contribution in [0.2, 0.25) is 0 Å². The van der Waals surface area contributed by atoms with Gasteiger partial charge < -0.3 is 0 Å². The summed E-state index contributed by atoms with van der Waals surface area (Å²) < 4.78 is 76.4. The normalized spacial score (nSPS) is 15.3. The number of rotatable bonds is 4. The predicted octanol–water partition coefficient (Wildman–Crippen LogP) is 6.17. The van der Waals surface area contributed by atoms with Crippen molar-refractivity contribution in [2.24, 2.45) is 0 Å². The predicted molar refractivity (Wildman–Crippen MR) is 71.6 cm³/mol. The molecule has 0 saturated carbocycles. The van der Waals surface area contributed by atoms with Crippen LogP contribution in [0.3, 0.4) is 0 Å². The monoisotopic (exact) mass is 345 g/mol. The second-order valence-electron chi connectivity index (χ2n) is 4.21. The highest BCUT2D eigenvalue weighted by atomic mass is 32.5. The molecule has 1 nitrogen and oxygen atoms in total. The number of thioether (sulfide) groups is 1. The number of hydrogen-bond acceptors (Lipinski definition) is 2. The van der Waals surface area contributed by atoms with Gasteiger partial charge in [-0.15, -0.1) is 11.8 Å². The summed E-state index contributed by atoms with van der Waals surface area (Å²) in [7, 11) is -9.91. The van der Waals surface area contributed by atoms with Gasteiger partial charge in [-0.1, -0.05) is 49.8 Å². The first-order valence-electron chi connectivity index (χ1n) is 5.52. The summed E-state index contributed by atoms with van der Waals surface area (Å²) in [5.74, 6) is -1.40. The summed E-state index contributed by atoms with van der Waals surface area (Å²) in [5.41, 5.74) is 0.752. The standard InChI is InChI=1S/C12H9F6NS2/c13-11-6-10(21(14,15,16,17)18)7-12(19-11)20-8-9-4-2-1-3-5-9/h1-7H,8H2. The smallest absolute Gasteiger partial charge is 0.213 e. The lowest BCUT2D eigenvalue weighted by atomic mass is 10.2. The van der Waals surface area contributed by atoms with E-state index in [1.165, 1.54) is 0 Å². The zero-order valence-corrected chi connectivity index (χ0v) is 11.9.